The van der Waals surface area contributed by atoms with Gasteiger partial charge in [-0.15, -0.1) is 0 Å². The Morgan fingerprint density at radius 1 is 0.800 bits per heavy atom. The van der Waals surface area contributed by atoms with E-state index in [1.54, 1.807) is 7.05 Å². The second-order valence-electron chi connectivity index (χ2n) is 9.70. The molecular weight excluding hydrogens is 454 g/mol. The van der Waals surface area contributed by atoms with Gasteiger partial charge in [0.05, 0.1) is 6.54 Å². The Bertz CT molecular complexity index is 1040. The van der Waals surface area contributed by atoms with Crippen molar-refractivity contribution in [2.45, 2.75) is 38.8 Å². The van der Waals surface area contributed by atoms with E-state index in [1.807, 2.05) is 66.7 Å². The topological polar surface area (TPSA) is 55.8 Å². The van der Waals surface area contributed by atoms with Crippen LogP contribution in [0, 0.1) is 0 Å². The minimum Gasteiger partial charge on any atom is -0.445 e. The van der Waals surface area contributed by atoms with Crippen LogP contribution in [0.15, 0.2) is 91.0 Å². The van der Waals surface area contributed by atoms with Gasteiger partial charge in [-0.05, 0) is 21.0 Å². The molecule has 0 heterocycles. The first kappa shape index (κ1) is 26.4. The van der Waals surface area contributed by atoms with Gasteiger partial charge in [-0.3, -0.25) is 4.79 Å². The fourth-order valence-electron chi connectivity index (χ4n) is 4.32. The second-order valence-corrected chi connectivity index (χ2v) is 14.0. The van der Waals surface area contributed by atoms with Gasteiger partial charge in [0.1, 0.15) is 6.61 Å². The molecule has 1 amide bonds. The minimum absolute atomic E-state index is 0.0161. The standard InChI is InChI=1S/C29H35NO4Si/c1-29(2,3)35(26-16-10-6-11-17-26,27-18-12-7-13-19-27)34-21-20-25(31)22-30(4)28(32)33-23-24-14-8-5-9-15-24/h5-19H,20-23H2,1-4H3. The Kier molecular flexibility index (Phi) is 9.01. The highest BCUT2D eigenvalue weighted by Gasteiger charge is 2.50. The number of Topliss-reactive ketones (excluding diaryl/α,β-unsaturated/α-hetero) is 1. The van der Waals surface area contributed by atoms with E-state index in [0.29, 0.717) is 6.61 Å². The third-order valence-corrected chi connectivity index (χ3v) is 11.1. The highest BCUT2D eigenvalue weighted by molar-refractivity contribution is 6.99. The van der Waals surface area contributed by atoms with Crippen molar-refractivity contribution < 1.29 is 18.8 Å². The fraction of sp³-hybridized carbons (Fsp3) is 0.310. The Morgan fingerprint density at radius 2 is 1.29 bits per heavy atom. The van der Waals surface area contributed by atoms with Gasteiger partial charge < -0.3 is 14.1 Å². The van der Waals surface area contributed by atoms with Crippen LogP contribution in [0.5, 0.6) is 0 Å². The summed E-state index contributed by atoms with van der Waals surface area (Å²) in [4.78, 5) is 26.4. The molecule has 0 aromatic heterocycles. The van der Waals surface area contributed by atoms with Crippen molar-refractivity contribution in [3.05, 3.63) is 96.6 Å². The van der Waals surface area contributed by atoms with Crippen LogP contribution in [0.3, 0.4) is 0 Å². The molecule has 0 aliphatic rings. The first-order valence-corrected chi connectivity index (χ1v) is 13.8. The van der Waals surface area contributed by atoms with E-state index in [0.717, 1.165) is 5.56 Å². The van der Waals surface area contributed by atoms with Crippen molar-refractivity contribution in [1.29, 1.82) is 0 Å². The molecule has 0 fully saturated rings. The van der Waals surface area contributed by atoms with E-state index in [-0.39, 0.29) is 30.4 Å². The van der Waals surface area contributed by atoms with Crippen molar-refractivity contribution in [2.24, 2.45) is 0 Å². The minimum atomic E-state index is -2.69. The number of carbonyl (C=O) groups excluding carboxylic acids is 2. The van der Waals surface area contributed by atoms with E-state index < -0.39 is 14.4 Å². The number of nitrogens with zero attached hydrogens (tertiary/aromatic N) is 1. The van der Waals surface area contributed by atoms with Gasteiger partial charge >= 0.3 is 6.09 Å². The molecule has 5 nitrogen and oxygen atoms in total. The van der Waals surface area contributed by atoms with Crippen LogP contribution in [-0.4, -0.2) is 45.3 Å². The Balaban J connectivity index is 1.65. The van der Waals surface area contributed by atoms with Crippen molar-refractivity contribution >= 4 is 30.6 Å². The molecule has 0 N–H and O–H groups in total. The van der Waals surface area contributed by atoms with E-state index in [1.165, 1.54) is 15.3 Å². The third-order valence-electron chi connectivity index (χ3n) is 6.05. The number of likely N-dealkylation sites (N-methyl/N-ethyl adjacent to an activating group) is 1. The Hall–Kier alpha value is -3.22. The van der Waals surface area contributed by atoms with Crippen LogP contribution in [0.1, 0.15) is 32.8 Å². The van der Waals surface area contributed by atoms with Crippen LogP contribution >= 0.6 is 0 Å². The molecule has 0 spiro atoms. The second kappa shape index (κ2) is 12.0. The average molecular weight is 490 g/mol. The van der Waals surface area contributed by atoms with Gasteiger partial charge in [-0.2, -0.15) is 0 Å². The summed E-state index contributed by atoms with van der Waals surface area (Å²) in [7, 11) is -1.11. The van der Waals surface area contributed by atoms with E-state index >= 15 is 0 Å². The van der Waals surface area contributed by atoms with Gasteiger partial charge in [-0.1, -0.05) is 112 Å². The number of hydrogen-bond acceptors (Lipinski definition) is 4. The predicted octanol–water partition coefficient (Wildman–Crippen LogP) is 4.79. The number of rotatable bonds is 10. The summed E-state index contributed by atoms with van der Waals surface area (Å²) in [5.74, 6) is -0.0675. The number of benzene rings is 3. The van der Waals surface area contributed by atoms with Crippen molar-refractivity contribution in [3.8, 4) is 0 Å². The number of ketones is 1. The van der Waals surface area contributed by atoms with Crippen molar-refractivity contribution in [1.82, 2.24) is 4.90 Å². The summed E-state index contributed by atoms with van der Waals surface area (Å²) < 4.78 is 12.1. The van der Waals surface area contributed by atoms with Crippen LogP contribution in [0.4, 0.5) is 4.79 Å². The molecule has 0 aliphatic carbocycles. The third kappa shape index (κ3) is 6.68. The lowest BCUT2D eigenvalue weighted by atomic mass is 10.2. The molecule has 184 valence electrons. The zero-order valence-electron chi connectivity index (χ0n) is 21.1. The van der Waals surface area contributed by atoms with Crippen molar-refractivity contribution in [2.75, 3.05) is 20.2 Å². The van der Waals surface area contributed by atoms with Crippen LogP contribution < -0.4 is 10.4 Å². The molecule has 35 heavy (non-hydrogen) atoms. The summed E-state index contributed by atoms with van der Waals surface area (Å²) >= 11 is 0. The monoisotopic (exact) mass is 489 g/mol. The van der Waals surface area contributed by atoms with Crippen LogP contribution in [0.25, 0.3) is 0 Å². The average Bonchev–Trinajstić information content (AvgIpc) is 2.86. The first-order chi connectivity index (χ1) is 16.7. The highest BCUT2D eigenvalue weighted by atomic mass is 28.4. The SMILES string of the molecule is CN(CC(=O)CCO[Si](c1ccccc1)(c1ccccc1)C(C)(C)C)C(=O)OCc1ccccc1. The normalized spacial score (nSPS) is 11.7. The number of amides is 1. The van der Waals surface area contributed by atoms with Gasteiger partial charge in [-0.25, -0.2) is 4.79 Å². The van der Waals surface area contributed by atoms with Crippen molar-refractivity contribution in [3.63, 3.8) is 0 Å². The van der Waals surface area contributed by atoms with Gasteiger partial charge in [0.2, 0.25) is 0 Å². The molecule has 6 heteroatoms. The van der Waals surface area contributed by atoms with Gasteiger partial charge in [0, 0.05) is 20.1 Å². The number of ether oxygens (including phenoxy) is 1. The van der Waals surface area contributed by atoms with Crippen LogP contribution in [-0.2, 0) is 20.6 Å². The molecule has 0 atom stereocenters. The quantitative estimate of drug-likeness (QED) is 0.384. The molecule has 3 aromatic rings. The smallest absolute Gasteiger partial charge is 0.410 e. The lowest BCUT2D eigenvalue weighted by molar-refractivity contribution is -0.120. The summed E-state index contributed by atoms with van der Waals surface area (Å²) in [5, 5.41) is 2.19. The lowest BCUT2D eigenvalue weighted by Gasteiger charge is -2.43. The molecule has 3 aromatic carbocycles. The Morgan fingerprint density at radius 3 is 1.77 bits per heavy atom. The van der Waals surface area contributed by atoms with E-state index in [4.69, 9.17) is 9.16 Å². The molecule has 0 unspecified atom stereocenters. The molecule has 0 bridgehead atoms. The summed E-state index contributed by atoms with van der Waals surface area (Å²) in [6, 6.07) is 30.1. The molecule has 0 saturated heterocycles. The van der Waals surface area contributed by atoms with Crippen LogP contribution in [0.2, 0.25) is 5.04 Å². The zero-order chi connectivity index (χ0) is 25.3. The maximum Gasteiger partial charge on any atom is 0.410 e. The largest absolute Gasteiger partial charge is 0.445 e. The predicted molar refractivity (Wildman–Crippen MR) is 142 cm³/mol. The molecule has 0 radical (unpaired) electrons. The molecule has 3 rings (SSSR count). The first-order valence-electron chi connectivity index (χ1n) is 11.9. The maximum atomic E-state index is 12.7. The Labute approximate surface area is 209 Å². The lowest BCUT2D eigenvalue weighted by Crippen LogP contribution is -2.66. The molecular formula is C29H35NO4Si. The molecule has 0 aliphatic heterocycles. The van der Waals surface area contributed by atoms with Gasteiger partial charge in [0.25, 0.3) is 8.32 Å². The van der Waals surface area contributed by atoms with Gasteiger partial charge in [0.15, 0.2) is 5.78 Å². The summed E-state index contributed by atoms with van der Waals surface area (Å²) in [6.07, 6.45) is -0.295. The van der Waals surface area contributed by atoms with E-state index in [9.17, 15) is 9.59 Å². The number of hydrogen-bond donors (Lipinski definition) is 0. The van der Waals surface area contributed by atoms with E-state index in [2.05, 4.69) is 45.0 Å². The maximum absolute atomic E-state index is 12.7. The summed E-state index contributed by atoms with van der Waals surface area (Å²) in [5.41, 5.74) is 0.902. The highest BCUT2D eigenvalue weighted by Crippen LogP contribution is 2.36. The number of carbonyl (C=O) groups is 2. The summed E-state index contributed by atoms with van der Waals surface area (Å²) in [6.45, 7) is 7.07. The fourth-order valence-corrected chi connectivity index (χ4v) is 8.88. The zero-order valence-corrected chi connectivity index (χ0v) is 22.1. The molecule has 0 saturated carbocycles.